The van der Waals surface area contributed by atoms with Crippen LogP contribution in [0.2, 0.25) is 0 Å². The molecule has 0 aliphatic carbocycles. The number of amides is 1. The highest BCUT2D eigenvalue weighted by atomic mass is 79.9. The van der Waals surface area contributed by atoms with Gasteiger partial charge in [0.2, 0.25) is 0 Å². The largest absolute Gasteiger partial charge is 0.349 e. The van der Waals surface area contributed by atoms with Crippen LogP contribution >= 0.6 is 43.5 Å². The van der Waals surface area contributed by atoms with Gasteiger partial charge in [0.25, 0.3) is 5.91 Å². The van der Waals surface area contributed by atoms with Gasteiger partial charge in [-0.15, -0.1) is 11.6 Å². The van der Waals surface area contributed by atoms with Crippen LogP contribution in [0.3, 0.4) is 0 Å². The molecule has 2 unspecified atom stereocenters. The highest BCUT2D eigenvalue weighted by molar-refractivity contribution is 9.11. The molecule has 5 heteroatoms. The average molecular weight is 384 g/mol. The van der Waals surface area contributed by atoms with Crippen molar-refractivity contribution in [1.29, 1.82) is 0 Å². The Morgan fingerprint density at radius 2 is 2.06 bits per heavy atom. The fraction of sp³-hybridized carbons (Fsp3) is 0.417. The normalized spacial score (nSPS) is 14.2. The van der Waals surface area contributed by atoms with Gasteiger partial charge in [0, 0.05) is 20.9 Å². The molecule has 0 aliphatic heterocycles. The van der Waals surface area contributed by atoms with E-state index in [4.69, 9.17) is 11.6 Å². The van der Waals surface area contributed by atoms with Gasteiger partial charge in [-0.3, -0.25) is 4.79 Å². The Morgan fingerprint density at radius 3 is 2.59 bits per heavy atom. The number of carbonyl (C=O) groups excluding carboxylic acids is 1. The molecule has 0 spiro atoms. The van der Waals surface area contributed by atoms with Crippen LogP contribution in [0.25, 0.3) is 0 Å². The van der Waals surface area contributed by atoms with Gasteiger partial charge in [-0.05, 0) is 47.0 Å². The molecule has 17 heavy (non-hydrogen) atoms. The van der Waals surface area contributed by atoms with Gasteiger partial charge in [-0.1, -0.05) is 22.9 Å². The SMILES string of the molecule is CC(CCl)C(C)NC(=O)c1ccc(Br)cc1Br. The van der Waals surface area contributed by atoms with E-state index < -0.39 is 0 Å². The second-order valence-electron chi connectivity index (χ2n) is 4.02. The zero-order valence-corrected chi connectivity index (χ0v) is 13.6. The molecular weight excluding hydrogens is 369 g/mol. The smallest absolute Gasteiger partial charge is 0.252 e. The molecule has 1 N–H and O–H groups in total. The topological polar surface area (TPSA) is 29.1 Å². The third-order valence-corrected chi connectivity index (χ3v) is 4.27. The third-order valence-electron chi connectivity index (χ3n) is 2.63. The standard InChI is InChI=1S/C12H14Br2ClNO/c1-7(6-15)8(2)16-12(17)10-4-3-9(13)5-11(10)14/h3-5,7-8H,6H2,1-2H3,(H,16,17). The Morgan fingerprint density at radius 1 is 1.41 bits per heavy atom. The van der Waals surface area contributed by atoms with E-state index in [1.54, 1.807) is 6.07 Å². The van der Waals surface area contributed by atoms with E-state index >= 15 is 0 Å². The van der Waals surface area contributed by atoms with Crippen molar-refractivity contribution in [3.63, 3.8) is 0 Å². The van der Waals surface area contributed by atoms with E-state index in [1.165, 1.54) is 0 Å². The van der Waals surface area contributed by atoms with Crippen molar-refractivity contribution in [3.05, 3.63) is 32.7 Å². The van der Waals surface area contributed by atoms with Gasteiger partial charge in [-0.2, -0.15) is 0 Å². The van der Waals surface area contributed by atoms with Crippen LogP contribution in [0, 0.1) is 5.92 Å². The highest BCUT2D eigenvalue weighted by Crippen LogP contribution is 2.22. The number of hydrogen-bond donors (Lipinski definition) is 1. The zero-order valence-electron chi connectivity index (χ0n) is 9.64. The molecule has 94 valence electrons. The van der Waals surface area contributed by atoms with Crippen molar-refractivity contribution in [1.82, 2.24) is 5.32 Å². The first-order valence-electron chi connectivity index (χ1n) is 5.27. The summed E-state index contributed by atoms with van der Waals surface area (Å²) >= 11 is 12.5. The zero-order chi connectivity index (χ0) is 13.0. The molecule has 0 bridgehead atoms. The third kappa shape index (κ3) is 4.27. The van der Waals surface area contributed by atoms with Crippen molar-refractivity contribution in [3.8, 4) is 0 Å². The van der Waals surface area contributed by atoms with E-state index in [2.05, 4.69) is 37.2 Å². The molecule has 0 aliphatic rings. The summed E-state index contributed by atoms with van der Waals surface area (Å²) in [4.78, 5) is 12.0. The molecule has 0 radical (unpaired) electrons. The summed E-state index contributed by atoms with van der Waals surface area (Å²) in [6, 6.07) is 5.53. The molecule has 0 heterocycles. The van der Waals surface area contributed by atoms with Crippen molar-refractivity contribution < 1.29 is 4.79 Å². The van der Waals surface area contributed by atoms with Crippen LogP contribution < -0.4 is 5.32 Å². The molecule has 2 atom stereocenters. The van der Waals surface area contributed by atoms with Crippen LogP contribution in [0.1, 0.15) is 24.2 Å². The van der Waals surface area contributed by atoms with Gasteiger partial charge in [0.05, 0.1) is 5.56 Å². The van der Waals surface area contributed by atoms with E-state index in [9.17, 15) is 4.79 Å². The Balaban J connectivity index is 2.76. The number of benzene rings is 1. The minimum atomic E-state index is -0.0890. The number of hydrogen-bond acceptors (Lipinski definition) is 1. The van der Waals surface area contributed by atoms with Gasteiger partial charge in [-0.25, -0.2) is 0 Å². The Bertz CT molecular complexity index is 411. The lowest BCUT2D eigenvalue weighted by Crippen LogP contribution is -2.37. The Kier molecular flexibility index (Phi) is 5.97. The molecule has 0 saturated heterocycles. The monoisotopic (exact) mass is 381 g/mol. The van der Waals surface area contributed by atoms with E-state index in [1.807, 2.05) is 26.0 Å². The molecule has 1 aromatic carbocycles. The van der Waals surface area contributed by atoms with Crippen LogP contribution in [0.15, 0.2) is 27.1 Å². The first-order chi connectivity index (χ1) is 7.95. The lowest BCUT2D eigenvalue weighted by molar-refractivity contribution is 0.0930. The van der Waals surface area contributed by atoms with Crippen LogP contribution in [0.4, 0.5) is 0 Å². The summed E-state index contributed by atoms with van der Waals surface area (Å²) in [6.07, 6.45) is 0. The van der Waals surface area contributed by atoms with E-state index in [0.717, 1.165) is 8.95 Å². The summed E-state index contributed by atoms with van der Waals surface area (Å²) in [6.45, 7) is 3.96. The van der Waals surface area contributed by atoms with Gasteiger partial charge in [0.1, 0.15) is 0 Å². The maximum atomic E-state index is 12.0. The van der Waals surface area contributed by atoms with Crippen LogP contribution in [-0.4, -0.2) is 17.8 Å². The first kappa shape index (κ1) is 15.0. The lowest BCUT2D eigenvalue weighted by Gasteiger charge is -2.19. The number of carbonyl (C=O) groups is 1. The maximum Gasteiger partial charge on any atom is 0.252 e. The van der Waals surface area contributed by atoms with Crippen LogP contribution in [0.5, 0.6) is 0 Å². The molecule has 1 rings (SSSR count). The maximum absolute atomic E-state index is 12.0. The fourth-order valence-corrected chi connectivity index (χ4v) is 2.73. The second kappa shape index (κ2) is 6.76. The number of nitrogens with one attached hydrogen (secondary N) is 1. The predicted octanol–water partition coefficient (Wildman–Crippen LogP) is 4.20. The summed E-state index contributed by atoms with van der Waals surface area (Å²) in [7, 11) is 0. The number of rotatable bonds is 4. The average Bonchev–Trinajstić information content (AvgIpc) is 2.27. The Hall–Kier alpha value is -0.0600. The van der Waals surface area contributed by atoms with Gasteiger partial charge >= 0.3 is 0 Å². The summed E-state index contributed by atoms with van der Waals surface area (Å²) in [5.74, 6) is 0.687. The molecule has 2 nitrogen and oxygen atoms in total. The molecule has 0 saturated carbocycles. The minimum absolute atomic E-state index is 0.0514. The van der Waals surface area contributed by atoms with E-state index in [0.29, 0.717) is 11.4 Å². The molecular formula is C12H14Br2ClNO. The van der Waals surface area contributed by atoms with Crippen molar-refractivity contribution in [2.75, 3.05) is 5.88 Å². The minimum Gasteiger partial charge on any atom is -0.349 e. The van der Waals surface area contributed by atoms with Gasteiger partial charge in [0.15, 0.2) is 0 Å². The van der Waals surface area contributed by atoms with Crippen LogP contribution in [-0.2, 0) is 0 Å². The second-order valence-corrected chi connectivity index (χ2v) is 6.10. The molecule has 1 aromatic rings. The quantitative estimate of drug-likeness (QED) is 0.776. The van der Waals surface area contributed by atoms with E-state index in [-0.39, 0.29) is 17.9 Å². The molecule has 0 fully saturated rings. The summed E-state index contributed by atoms with van der Waals surface area (Å²) in [5.41, 5.74) is 0.627. The highest BCUT2D eigenvalue weighted by Gasteiger charge is 2.16. The summed E-state index contributed by atoms with van der Waals surface area (Å²) in [5, 5.41) is 2.94. The molecule has 0 aromatic heterocycles. The van der Waals surface area contributed by atoms with Crippen molar-refractivity contribution >= 4 is 49.4 Å². The molecule has 1 amide bonds. The lowest BCUT2D eigenvalue weighted by atomic mass is 10.1. The summed E-state index contributed by atoms with van der Waals surface area (Å²) < 4.78 is 1.71. The number of halogens is 3. The van der Waals surface area contributed by atoms with Gasteiger partial charge < -0.3 is 5.32 Å². The fourth-order valence-electron chi connectivity index (χ4n) is 1.23. The number of alkyl halides is 1. The van der Waals surface area contributed by atoms with Crippen molar-refractivity contribution in [2.45, 2.75) is 19.9 Å². The Labute approximate surface area is 123 Å². The predicted molar refractivity (Wildman–Crippen MR) is 78.7 cm³/mol. The van der Waals surface area contributed by atoms with Crippen molar-refractivity contribution in [2.24, 2.45) is 5.92 Å². The first-order valence-corrected chi connectivity index (χ1v) is 7.39.